The zero-order chi connectivity index (χ0) is 16.3. The van der Waals surface area contributed by atoms with Crippen LogP contribution in [0.3, 0.4) is 0 Å². The largest absolute Gasteiger partial charge is 0.452 e. The van der Waals surface area contributed by atoms with Crippen molar-refractivity contribution in [2.75, 3.05) is 13.1 Å². The van der Waals surface area contributed by atoms with Crippen LogP contribution in [0.25, 0.3) is 0 Å². The summed E-state index contributed by atoms with van der Waals surface area (Å²) in [6.07, 6.45) is -1.04. The van der Waals surface area contributed by atoms with Gasteiger partial charge in [-0.25, -0.2) is 4.79 Å². The normalized spacial score (nSPS) is 15.5. The molecular formula is C13H17N3O5S. The lowest BCUT2D eigenvalue weighted by Crippen LogP contribution is -2.41. The van der Waals surface area contributed by atoms with E-state index in [2.05, 4.69) is 5.32 Å². The third kappa shape index (κ3) is 3.53. The first-order valence-electron chi connectivity index (χ1n) is 6.83. The Morgan fingerprint density at radius 1 is 1.45 bits per heavy atom. The van der Waals surface area contributed by atoms with Crippen molar-refractivity contribution >= 4 is 29.2 Å². The molecule has 2 heterocycles. The van der Waals surface area contributed by atoms with E-state index in [9.17, 15) is 19.2 Å². The molecule has 22 heavy (non-hydrogen) atoms. The SMILES string of the molecule is Cc1csc(=O)n1CCC(=O)OC(C)C(=O)N1CCNC1=O. The minimum Gasteiger partial charge on any atom is -0.452 e. The molecule has 0 aliphatic carbocycles. The highest BCUT2D eigenvalue weighted by Crippen LogP contribution is 2.06. The summed E-state index contributed by atoms with van der Waals surface area (Å²) in [7, 11) is 0. The first kappa shape index (κ1) is 16.2. The molecule has 1 aliphatic rings. The molecule has 9 heteroatoms. The number of urea groups is 1. The Morgan fingerprint density at radius 2 is 2.18 bits per heavy atom. The average molecular weight is 327 g/mol. The van der Waals surface area contributed by atoms with Gasteiger partial charge in [0.1, 0.15) is 0 Å². The molecule has 1 fully saturated rings. The molecule has 1 atom stereocenters. The summed E-state index contributed by atoms with van der Waals surface area (Å²) in [6.45, 7) is 4.07. The fourth-order valence-corrected chi connectivity index (χ4v) is 2.85. The molecule has 0 spiro atoms. The molecule has 8 nitrogen and oxygen atoms in total. The number of nitrogens with one attached hydrogen (secondary N) is 1. The van der Waals surface area contributed by atoms with Gasteiger partial charge in [0, 0.05) is 30.7 Å². The number of amides is 3. The van der Waals surface area contributed by atoms with E-state index in [1.54, 1.807) is 12.3 Å². The summed E-state index contributed by atoms with van der Waals surface area (Å²) in [5.41, 5.74) is 0.778. The lowest BCUT2D eigenvalue weighted by Gasteiger charge is -2.18. The van der Waals surface area contributed by atoms with Gasteiger partial charge < -0.3 is 14.6 Å². The van der Waals surface area contributed by atoms with E-state index < -0.39 is 24.0 Å². The van der Waals surface area contributed by atoms with E-state index in [0.717, 1.165) is 21.9 Å². The van der Waals surface area contributed by atoms with Gasteiger partial charge in [-0.05, 0) is 13.8 Å². The first-order chi connectivity index (χ1) is 10.4. The smallest absolute Gasteiger partial charge is 0.324 e. The molecule has 3 amide bonds. The van der Waals surface area contributed by atoms with Crippen LogP contribution in [0.1, 0.15) is 19.0 Å². The standard InChI is InChI=1S/C13H17N3O5S/c1-8-7-22-13(20)15(8)5-3-10(17)21-9(2)11(18)16-6-4-14-12(16)19/h7,9H,3-6H2,1-2H3,(H,14,19). The minimum atomic E-state index is -1.03. The first-order valence-corrected chi connectivity index (χ1v) is 7.71. The second-order valence-corrected chi connectivity index (χ2v) is 5.72. The molecule has 2 rings (SSSR count). The Balaban J connectivity index is 1.85. The molecule has 0 saturated carbocycles. The van der Waals surface area contributed by atoms with E-state index in [1.807, 2.05) is 0 Å². The number of hydrogen-bond donors (Lipinski definition) is 1. The Morgan fingerprint density at radius 3 is 2.73 bits per heavy atom. The van der Waals surface area contributed by atoms with Crippen molar-refractivity contribution in [3.05, 3.63) is 20.7 Å². The third-order valence-corrected chi connectivity index (χ3v) is 4.18. The van der Waals surface area contributed by atoms with Gasteiger partial charge in [0.15, 0.2) is 6.10 Å². The number of nitrogens with zero attached hydrogens (tertiary/aromatic N) is 2. The summed E-state index contributed by atoms with van der Waals surface area (Å²) in [4.78, 5) is 47.5. The number of carbonyl (C=O) groups is 3. The van der Waals surface area contributed by atoms with Crippen LogP contribution >= 0.6 is 11.3 Å². The number of ether oxygens (including phenoxy) is 1. The molecule has 1 aliphatic heterocycles. The highest BCUT2D eigenvalue weighted by Gasteiger charge is 2.31. The Bertz CT molecular complexity index is 650. The Hall–Kier alpha value is -2.16. The molecule has 1 aromatic rings. The van der Waals surface area contributed by atoms with E-state index in [4.69, 9.17) is 4.74 Å². The number of thiazole rings is 1. The highest BCUT2D eigenvalue weighted by molar-refractivity contribution is 7.07. The van der Waals surface area contributed by atoms with Gasteiger partial charge in [0.05, 0.1) is 6.42 Å². The van der Waals surface area contributed by atoms with Gasteiger partial charge in [-0.1, -0.05) is 11.3 Å². The maximum Gasteiger partial charge on any atom is 0.324 e. The minimum absolute atomic E-state index is 0.0126. The fraction of sp³-hybridized carbons (Fsp3) is 0.538. The van der Waals surface area contributed by atoms with Crippen molar-refractivity contribution in [3.8, 4) is 0 Å². The molecule has 0 bridgehead atoms. The number of esters is 1. The summed E-state index contributed by atoms with van der Waals surface area (Å²) >= 11 is 1.07. The highest BCUT2D eigenvalue weighted by atomic mass is 32.1. The van der Waals surface area contributed by atoms with Gasteiger partial charge in [-0.3, -0.25) is 19.3 Å². The van der Waals surface area contributed by atoms with Crippen LogP contribution in [-0.4, -0.2) is 46.6 Å². The second kappa shape index (κ2) is 6.73. The predicted octanol–water partition coefficient (Wildman–Crippen LogP) is 0.0918. The van der Waals surface area contributed by atoms with E-state index in [1.165, 1.54) is 11.5 Å². The van der Waals surface area contributed by atoms with Crippen LogP contribution in [0.4, 0.5) is 4.79 Å². The van der Waals surface area contributed by atoms with Crippen molar-refractivity contribution in [1.82, 2.24) is 14.8 Å². The number of hydrogen-bond acceptors (Lipinski definition) is 6. The van der Waals surface area contributed by atoms with Crippen LogP contribution in [-0.2, 0) is 20.9 Å². The van der Waals surface area contributed by atoms with Gasteiger partial charge in [0.2, 0.25) is 0 Å². The Labute approximate surface area is 130 Å². The second-order valence-electron chi connectivity index (χ2n) is 4.90. The Kier molecular flexibility index (Phi) is 4.96. The van der Waals surface area contributed by atoms with E-state index in [-0.39, 0.29) is 24.4 Å². The van der Waals surface area contributed by atoms with E-state index >= 15 is 0 Å². The number of carbonyl (C=O) groups excluding carboxylic acids is 3. The molecule has 1 saturated heterocycles. The van der Waals surface area contributed by atoms with Crippen LogP contribution in [0.15, 0.2) is 10.2 Å². The zero-order valence-corrected chi connectivity index (χ0v) is 13.1. The number of aryl methyl sites for hydroxylation is 1. The predicted molar refractivity (Wildman–Crippen MR) is 78.6 cm³/mol. The van der Waals surface area contributed by atoms with Crippen LogP contribution in [0.5, 0.6) is 0 Å². The van der Waals surface area contributed by atoms with Crippen molar-refractivity contribution < 1.29 is 19.1 Å². The molecule has 1 aromatic heterocycles. The quantitative estimate of drug-likeness (QED) is 0.773. The van der Waals surface area contributed by atoms with Gasteiger partial charge in [-0.2, -0.15) is 0 Å². The molecule has 1 N–H and O–H groups in total. The van der Waals surface area contributed by atoms with Crippen molar-refractivity contribution in [2.24, 2.45) is 0 Å². The number of imide groups is 1. The fourth-order valence-electron chi connectivity index (χ4n) is 2.09. The maximum atomic E-state index is 12.0. The summed E-state index contributed by atoms with van der Waals surface area (Å²) in [5.74, 6) is -1.13. The molecular weight excluding hydrogens is 310 g/mol. The van der Waals surface area contributed by atoms with Crippen molar-refractivity contribution in [3.63, 3.8) is 0 Å². The molecule has 1 unspecified atom stereocenters. The van der Waals surface area contributed by atoms with Gasteiger partial charge in [0.25, 0.3) is 5.91 Å². The summed E-state index contributed by atoms with van der Waals surface area (Å²) in [6, 6.07) is -0.478. The number of aromatic nitrogens is 1. The lowest BCUT2D eigenvalue weighted by molar-refractivity contribution is -0.157. The maximum absolute atomic E-state index is 12.0. The van der Waals surface area contributed by atoms with E-state index in [0.29, 0.717) is 6.54 Å². The van der Waals surface area contributed by atoms with Crippen LogP contribution in [0.2, 0.25) is 0 Å². The summed E-state index contributed by atoms with van der Waals surface area (Å²) < 4.78 is 6.51. The summed E-state index contributed by atoms with van der Waals surface area (Å²) in [5, 5.41) is 4.22. The van der Waals surface area contributed by atoms with Crippen molar-refractivity contribution in [1.29, 1.82) is 0 Å². The van der Waals surface area contributed by atoms with Gasteiger partial charge in [-0.15, -0.1) is 0 Å². The molecule has 0 aromatic carbocycles. The van der Waals surface area contributed by atoms with Gasteiger partial charge >= 0.3 is 16.9 Å². The zero-order valence-electron chi connectivity index (χ0n) is 12.3. The molecule has 0 radical (unpaired) electrons. The van der Waals surface area contributed by atoms with Crippen LogP contribution in [0, 0.1) is 6.92 Å². The lowest BCUT2D eigenvalue weighted by atomic mass is 10.3. The monoisotopic (exact) mass is 327 g/mol. The average Bonchev–Trinajstić information content (AvgIpc) is 3.02. The number of rotatable bonds is 5. The molecule has 120 valence electrons. The van der Waals surface area contributed by atoms with Crippen LogP contribution < -0.4 is 10.2 Å². The topological polar surface area (TPSA) is 97.7 Å². The third-order valence-electron chi connectivity index (χ3n) is 3.29. The van der Waals surface area contributed by atoms with Crippen molar-refractivity contribution in [2.45, 2.75) is 32.9 Å².